The number of nitrogens with zero attached hydrogens (tertiary/aromatic N) is 2. The zero-order chi connectivity index (χ0) is 13.2. The average molecular weight is 271 g/mol. The first kappa shape index (κ1) is 13.3. The highest BCUT2D eigenvalue weighted by molar-refractivity contribution is 7.89. The molecule has 0 spiro atoms. The number of hydrogen-bond donors (Lipinski definition) is 1. The number of hydrogen-bond acceptors (Lipinski definition) is 5. The van der Waals surface area contributed by atoms with Crippen LogP contribution in [0.25, 0.3) is 0 Å². The molecule has 1 saturated heterocycles. The highest BCUT2D eigenvalue weighted by Gasteiger charge is 2.30. The van der Waals surface area contributed by atoms with E-state index in [9.17, 15) is 8.42 Å². The van der Waals surface area contributed by atoms with E-state index in [4.69, 9.17) is 9.88 Å². The van der Waals surface area contributed by atoms with E-state index in [0.717, 1.165) is 12.1 Å². The van der Waals surface area contributed by atoms with Gasteiger partial charge in [-0.25, -0.2) is 18.5 Å². The molecule has 7 heteroatoms. The first-order valence-corrected chi connectivity index (χ1v) is 7.33. The molecular weight excluding hydrogens is 254 g/mol. The van der Waals surface area contributed by atoms with Crippen molar-refractivity contribution in [1.82, 2.24) is 9.88 Å². The zero-order valence-corrected chi connectivity index (χ0v) is 11.1. The third-order valence-corrected chi connectivity index (χ3v) is 4.45. The molecule has 100 valence electrons. The molecule has 1 aliphatic heterocycles. The van der Waals surface area contributed by atoms with Gasteiger partial charge >= 0.3 is 0 Å². The van der Waals surface area contributed by atoms with E-state index in [-0.39, 0.29) is 0 Å². The van der Waals surface area contributed by atoms with E-state index in [1.807, 2.05) is 12.1 Å². The van der Waals surface area contributed by atoms with Crippen molar-refractivity contribution in [3.8, 4) is 5.88 Å². The maximum Gasteiger partial charge on any atom is 0.217 e. The van der Waals surface area contributed by atoms with Crippen molar-refractivity contribution in [2.45, 2.75) is 18.2 Å². The molecule has 1 unspecified atom stereocenters. The minimum Gasteiger partial charge on any atom is -0.481 e. The second-order valence-corrected chi connectivity index (χ2v) is 6.25. The summed E-state index contributed by atoms with van der Waals surface area (Å²) in [5.74, 6) is 0.580. The molecule has 2 heterocycles. The lowest BCUT2D eigenvalue weighted by atomic mass is 10.2. The summed E-state index contributed by atoms with van der Waals surface area (Å²) in [6, 6.07) is 3.77. The molecule has 1 fully saturated rings. The van der Waals surface area contributed by atoms with Crippen LogP contribution >= 0.6 is 0 Å². The smallest absolute Gasteiger partial charge is 0.217 e. The van der Waals surface area contributed by atoms with Crippen LogP contribution < -0.4 is 9.88 Å². The van der Waals surface area contributed by atoms with Crippen molar-refractivity contribution >= 4 is 10.0 Å². The SMILES string of the molecule is COc1ncccc1CN1CCC(S(N)(=O)=O)C1. The number of likely N-dealkylation sites (tertiary alicyclic amines) is 1. The van der Waals surface area contributed by atoms with Crippen LogP contribution in [0.2, 0.25) is 0 Å². The Balaban J connectivity index is 2.04. The fourth-order valence-electron chi connectivity index (χ4n) is 2.18. The van der Waals surface area contributed by atoms with Gasteiger partial charge in [-0.15, -0.1) is 0 Å². The first-order valence-electron chi connectivity index (χ1n) is 5.72. The Morgan fingerprint density at radius 3 is 3.00 bits per heavy atom. The molecule has 0 aliphatic carbocycles. The van der Waals surface area contributed by atoms with Crippen LogP contribution in [0.1, 0.15) is 12.0 Å². The molecule has 18 heavy (non-hydrogen) atoms. The average Bonchev–Trinajstić information content (AvgIpc) is 2.78. The van der Waals surface area contributed by atoms with Crippen LogP contribution in [-0.4, -0.2) is 43.8 Å². The molecule has 0 amide bonds. The fraction of sp³-hybridized carbons (Fsp3) is 0.545. The van der Waals surface area contributed by atoms with Crippen LogP contribution in [0.5, 0.6) is 5.88 Å². The summed E-state index contributed by atoms with van der Waals surface area (Å²) < 4.78 is 27.7. The van der Waals surface area contributed by atoms with Crippen LogP contribution in [0.15, 0.2) is 18.3 Å². The minimum absolute atomic E-state index is 0.458. The van der Waals surface area contributed by atoms with Gasteiger partial charge in [0.05, 0.1) is 12.4 Å². The van der Waals surface area contributed by atoms with Gasteiger partial charge in [0.15, 0.2) is 0 Å². The van der Waals surface area contributed by atoms with Crippen LogP contribution in [0.4, 0.5) is 0 Å². The van der Waals surface area contributed by atoms with Gasteiger partial charge in [-0.05, 0) is 19.0 Å². The van der Waals surface area contributed by atoms with Crippen molar-refractivity contribution in [2.75, 3.05) is 20.2 Å². The predicted octanol–water partition coefficient (Wildman–Crippen LogP) is -0.0470. The van der Waals surface area contributed by atoms with Crippen LogP contribution in [0, 0.1) is 0 Å². The van der Waals surface area contributed by atoms with Crippen molar-refractivity contribution in [1.29, 1.82) is 0 Å². The Morgan fingerprint density at radius 2 is 2.39 bits per heavy atom. The predicted molar refractivity (Wildman–Crippen MR) is 67.6 cm³/mol. The highest BCUT2D eigenvalue weighted by Crippen LogP contribution is 2.21. The number of nitrogens with two attached hydrogens (primary N) is 1. The number of aromatic nitrogens is 1. The largest absolute Gasteiger partial charge is 0.481 e. The molecule has 1 aromatic heterocycles. The lowest BCUT2D eigenvalue weighted by Crippen LogP contribution is -2.31. The van der Waals surface area contributed by atoms with E-state index in [1.54, 1.807) is 13.3 Å². The van der Waals surface area contributed by atoms with Gasteiger partial charge in [-0.3, -0.25) is 4.90 Å². The quantitative estimate of drug-likeness (QED) is 0.830. The Bertz CT molecular complexity index is 518. The zero-order valence-electron chi connectivity index (χ0n) is 10.2. The summed E-state index contributed by atoms with van der Waals surface area (Å²) in [6.07, 6.45) is 2.25. The summed E-state index contributed by atoms with van der Waals surface area (Å²) in [7, 11) is -1.86. The molecule has 2 N–H and O–H groups in total. The Morgan fingerprint density at radius 1 is 1.61 bits per heavy atom. The summed E-state index contributed by atoms with van der Waals surface area (Å²) in [5.41, 5.74) is 0.954. The molecule has 0 radical (unpaired) electrons. The maximum absolute atomic E-state index is 11.3. The number of rotatable bonds is 4. The standard InChI is InChI=1S/C11H17N3O3S/c1-17-11-9(3-2-5-13-11)7-14-6-4-10(8-14)18(12,15)16/h2-3,5,10H,4,6-8H2,1H3,(H2,12,15,16). The summed E-state index contributed by atoms with van der Waals surface area (Å²) in [5, 5.41) is 4.70. The number of pyridine rings is 1. The van der Waals surface area contributed by atoms with Gasteiger partial charge in [0.2, 0.25) is 15.9 Å². The molecule has 1 aliphatic rings. The third-order valence-electron chi connectivity index (χ3n) is 3.13. The highest BCUT2D eigenvalue weighted by atomic mass is 32.2. The van der Waals surface area contributed by atoms with E-state index in [1.165, 1.54) is 0 Å². The molecule has 1 aromatic rings. The van der Waals surface area contributed by atoms with Gasteiger partial charge in [-0.1, -0.05) is 6.07 Å². The van der Waals surface area contributed by atoms with E-state index >= 15 is 0 Å². The van der Waals surface area contributed by atoms with Gasteiger partial charge in [0, 0.05) is 24.8 Å². The minimum atomic E-state index is -3.43. The monoisotopic (exact) mass is 271 g/mol. The van der Waals surface area contributed by atoms with E-state index in [2.05, 4.69) is 9.88 Å². The topological polar surface area (TPSA) is 85.5 Å². The third kappa shape index (κ3) is 2.98. The molecule has 1 atom stereocenters. The second-order valence-electron chi connectivity index (χ2n) is 4.41. The number of ether oxygens (including phenoxy) is 1. The van der Waals surface area contributed by atoms with Crippen LogP contribution in [-0.2, 0) is 16.6 Å². The fourth-order valence-corrected chi connectivity index (χ4v) is 3.03. The van der Waals surface area contributed by atoms with Crippen molar-refractivity contribution in [3.63, 3.8) is 0 Å². The number of primary sulfonamides is 1. The van der Waals surface area contributed by atoms with Crippen molar-refractivity contribution in [3.05, 3.63) is 23.9 Å². The van der Waals surface area contributed by atoms with Crippen molar-refractivity contribution in [2.24, 2.45) is 5.14 Å². The molecule has 0 bridgehead atoms. The summed E-state index contributed by atoms with van der Waals surface area (Å²) in [4.78, 5) is 6.17. The van der Waals surface area contributed by atoms with Gasteiger partial charge in [-0.2, -0.15) is 0 Å². The summed E-state index contributed by atoms with van der Waals surface area (Å²) in [6.45, 7) is 1.82. The lowest BCUT2D eigenvalue weighted by Gasteiger charge is -2.16. The van der Waals surface area contributed by atoms with Gasteiger partial charge in [0.1, 0.15) is 0 Å². The Hall–Kier alpha value is -1.18. The normalized spacial score (nSPS) is 21.1. The van der Waals surface area contributed by atoms with Gasteiger partial charge < -0.3 is 4.74 Å². The van der Waals surface area contributed by atoms with Gasteiger partial charge in [0.25, 0.3) is 0 Å². The maximum atomic E-state index is 11.3. The summed E-state index contributed by atoms with van der Waals surface area (Å²) >= 11 is 0. The van der Waals surface area contributed by atoms with E-state index in [0.29, 0.717) is 25.4 Å². The van der Waals surface area contributed by atoms with E-state index < -0.39 is 15.3 Å². The Labute approximate surface area is 107 Å². The molecule has 0 aromatic carbocycles. The molecule has 2 rings (SSSR count). The number of sulfonamides is 1. The lowest BCUT2D eigenvalue weighted by molar-refractivity contribution is 0.317. The van der Waals surface area contributed by atoms with Crippen molar-refractivity contribution < 1.29 is 13.2 Å². The second kappa shape index (κ2) is 5.21. The molecular formula is C11H17N3O3S. The molecule has 6 nitrogen and oxygen atoms in total. The Kier molecular flexibility index (Phi) is 3.84. The first-order chi connectivity index (χ1) is 8.50. The number of methoxy groups -OCH3 is 1. The molecule has 0 saturated carbocycles. The van der Waals surface area contributed by atoms with Crippen LogP contribution in [0.3, 0.4) is 0 Å².